The number of aromatic nitrogens is 1. The van der Waals surface area contributed by atoms with Crippen molar-refractivity contribution >= 4 is 17.6 Å². The lowest BCUT2D eigenvalue weighted by molar-refractivity contribution is -0.115. The fraction of sp³-hybridized carbons (Fsp3) is 0.0714. The van der Waals surface area contributed by atoms with Crippen LogP contribution in [-0.4, -0.2) is 22.0 Å². The van der Waals surface area contributed by atoms with Gasteiger partial charge in [0.2, 0.25) is 11.8 Å². The zero-order valence-electron chi connectivity index (χ0n) is 19.0. The van der Waals surface area contributed by atoms with Crippen LogP contribution in [-0.2, 0) is 17.8 Å². The third-order valence-electron chi connectivity index (χ3n) is 5.10. The van der Waals surface area contributed by atoms with Crippen LogP contribution in [0.15, 0.2) is 91.1 Å². The lowest BCUT2D eigenvalue weighted by Crippen LogP contribution is -2.16. The van der Waals surface area contributed by atoms with Gasteiger partial charge in [0.05, 0.1) is 29.3 Å². The van der Waals surface area contributed by atoms with Gasteiger partial charge in [0.15, 0.2) is 0 Å². The molecule has 4 aromatic rings. The second-order valence-corrected chi connectivity index (χ2v) is 7.75. The maximum absolute atomic E-state index is 12.4. The molecule has 0 fully saturated rings. The van der Waals surface area contributed by atoms with Crippen LogP contribution in [0.5, 0.6) is 17.4 Å². The van der Waals surface area contributed by atoms with E-state index in [0.29, 0.717) is 35.1 Å². The molecule has 0 aliphatic heterocycles. The average molecular weight is 479 g/mol. The summed E-state index contributed by atoms with van der Waals surface area (Å²) >= 11 is 0. The first-order chi connectivity index (χ1) is 17.5. The monoisotopic (exact) mass is 479 g/mol. The Morgan fingerprint density at radius 3 is 2.42 bits per heavy atom. The van der Waals surface area contributed by atoms with Crippen molar-refractivity contribution in [1.29, 1.82) is 5.26 Å². The summed E-state index contributed by atoms with van der Waals surface area (Å²) in [5.74, 6) is 0.117. The number of nitrogens with one attached hydrogen (secondary N) is 1. The van der Waals surface area contributed by atoms with Crippen molar-refractivity contribution in [3.63, 3.8) is 0 Å². The predicted molar refractivity (Wildman–Crippen MR) is 132 cm³/mol. The standard InChI is InChI=1S/C28H21N3O5/c29-16-19-4-3-5-21(14-19)18-35-22-9-11-23(12-10-22)36-27-13-8-20(17-30-27)15-26(32)31-25-7-2-1-6-24(25)28(33)34/h1-14,17H,15,18H2,(H,31,32)(H,33,34). The normalized spacial score (nSPS) is 10.2. The molecule has 36 heavy (non-hydrogen) atoms. The van der Waals surface area contributed by atoms with Gasteiger partial charge in [-0.3, -0.25) is 4.79 Å². The van der Waals surface area contributed by atoms with Crippen molar-refractivity contribution < 1.29 is 24.2 Å². The van der Waals surface area contributed by atoms with E-state index in [2.05, 4.69) is 16.4 Å². The molecule has 0 radical (unpaired) electrons. The van der Waals surface area contributed by atoms with Crippen molar-refractivity contribution in [2.45, 2.75) is 13.0 Å². The van der Waals surface area contributed by atoms with Crippen LogP contribution in [0.2, 0.25) is 0 Å². The third kappa shape index (κ3) is 6.46. The number of carboxylic acid groups (broad SMARTS) is 1. The van der Waals surface area contributed by atoms with E-state index < -0.39 is 5.97 Å². The summed E-state index contributed by atoms with van der Waals surface area (Å²) in [4.78, 5) is 27.9. The largest absolute Gasteiger partial charge is 0.489 e. The maximum atomic E-state index is 12.4. The summed E-state index contributed by atoms with van der Waals surface area (Å²) in [7, 11) is 0. The number of rotatable bonds is 9. The first-order valence-corrected chi connectivity index (χ1v) is 11.0. The van der Waals surface area contributed by atoms with E-state index in [4.69, 9.17) is 14.7 Å². The maximum Gasteiger partial charge on any atom is 0.337 e. The molecule has 0 bridgehead atoms. The number of carbonyl (C=O) groups is 2. The van der Waals surface area contributed by atoms with E-state index in [-0.39, 0.29) is 23.6 Å². The Labute approximate surface area is 207 Å². The number of ether oxygens (including phenoxy) is 2. The predicted octanol–water partition coefficient (Wildman–Crippen LogP) is 5.20. The van der Waals surface area contributed by atoms with Crippen LogP contribution in [0.1, 0.15) is 27.0 Å². The molecule has 3 aromatic carbocycles. The molecule has 0 atom stereocenters. The molecular formula is C28H21N3O5. The Balaban J connectivity index is 1.29. The van der Waals surface area contributed by atoms with Crippen LogP contribution in [0, 0.1) is 11.3 Å². The lowest BCUT2D eigenvalue weighted by atomic mass is 10.1. The molecule has 1 heterocycles. The molecule has 8 heteroatoms. The highest BCUT2D eigenvalue weighted by atomic mass is 16.5. The van der Waals surface area contributed by atoms with Crippen molar-refractivity contribution in [2.75, 3.05) is 5.32 Å². The van der Waals surface area contributed by atoms with E-state index in [1.807, 2.05) is 12.1 Å². The van der Waals surface area contributed by atoms with Crippen LogP contribution in [0.3, 0.4) is 0 Å². The number of pyridine rings is 1. The second kappa shape index (κ2) is 11.3. The van der Waals surface area contributed by atoms with Crippen LogP contribution in [0.25, 0.3) is 0 Å². The Morgan fingerprint density at radius 2 is 1.69 bits per heavy atom. The van der Waals surface area contributed by atoms with Crippen LogP contribution < -0.4 is 14.8 Å². The molecule has 178 valence electrons. The molecule has 0 saturated heterocycles. The Hall–Kier alpha value is -5.16. The first-order valence-electron chi connectivity index (χ1n) is 11.0. The Kier molecular flexibility index (Phi) is 7.54. The van der Waals surface area contributed by atoms with Crippen LogP contribution >= 0.6 is 0 Å². The Bertz CT molecular complexity index is 1410. The number of nitriles is 1. The first kappa shape index (κ1) is 24.0. The van der Waals surface area contributed by atoms with Gasteiger partial charge >= 0.3 is 5.97 Å². The SMILES string of the molecule is N#Cc1cccc(COc2ccc(Oc3ccc(CC(=O)Nc4ccccc4C(=O)O)cn3)cc2)c1. The van der Waals surface area contributed by atoms with E-state index in [0.717, 1.165) is 5.56 Å². The summed E-state index contributed by atoms with van der Waals surface area (Å²) in [6, 6.07) is 26.0. The van der Waals surface area contributed by atoms with Gasteiger partial charge in [-0.05, 0) is 59.7 Å². The molecule has 8 nitrogen and oxygen atoms in total. The fourth-order valence-electron chi connectivity index (χ4n) is 3.36. The number of hydrogen-bond donors (Lipinski definition) is 2. The van der Waals surface area contributed by atoms with E-state index in [1.165, 1.54) is 12.3 Å². The quantitative estimate of drug-likeness (QED) is 0.338. The zero-order chi connectivity index (χ0) is 25.3. The van der Waals surface area contributed by atoms with Gasteiger partial charge in [-0.2, -0.15) is 5.26 Å². The number of amides is 1. The van der Waals surface area contributed by atoms with Gasteiger partial charge in [-0.15, -0.1) is 0 Å². The topological polar surface area (TPSA) is 122 Å². The number of aromatic carboxylic acids is 1. The molecule has 0 unspecified atom stereocenters. The molecule has 2 N–H and O–H groups in total. The number of carboxylic acids is 1. The minimum Gasteiger partial charge on any atom is -0.489 e. The summed E-state index contributed by atoms with van der Waals surface area (Å²) in [5.41, 5.74) is 2.40. The smallest absolute Gasteiger partial charge is 0.337 e. The number of nitrogens with zero attached hydrogens (tertiary/aromatic N) is 2. The highest BCUT2D eigenvalue weighted by Gasteiger charge is 2.12. The van der Waals surface area contributed by atoms with Crippen LogP contribution in [0.4, 0.5) is 5.69 Å². The number of benzene rings is 3. The van der Waals surface area contributed by atoms with Gasteiger partial charge in [0.1, 0.15) is 18.1 Å². The van der Waals surface area contributed by atoms with Gasteiger partial charge in [0, 0.05) is 12.3 Å². The van der Waals surface area contributed by atoms with Crippen molar-refractivity contribution in [3.05, 3.63) is 113 Å². The minimum atomic E-state index is -1.11. The van der Waals surface area contributed by atoms with E-state index in [9.17, 15) is 14.7 Å². The molecule has 1 amide bonds. The minimum absolute atomic E-state index is 0.0253. The van der Waals surface area contributed by atoms with Gasteiger partial charge in [-0.1, -0.05) is 30.3 Å². The van der Waals surface area contributed by atoms with E-state index in [1.54, 1.807) is 66.7 Å². The van der Waals surface area contributed by atoms with Crippen molar-refractivity contribution in [2.24, 2.45) is 0 Å². The molecule has 0 aliphatic rings. The summed E-state index contributed by atoms with van der Waals surface area (Å²) < 4.78 is 11.5. The molecular weight excluding hydrogens is 458 g/mol. The highest BCUT2D eigenvalue weighted by molar-refractivity contribution is 6.00. The number of hydrogen-bond acceptors (Lipinski definition) is 6. The third-order valence-corrected chi connectivity index (χ3v) is 5.10. The molecule has 1 aromatic heterocycles. The summed E-state index contributed by atoms with van der Waals surface area (Å²) in [6.45, 7) is 0.341. The number of anilines is 1. The molecule has 0 spiro atoms. The Morgan fingerprint density at radius 1 is 0.917 bits per heavy atom. The zero-order valence-corrected chi connectivity index (χ0v) is 19.0. The van der Waals surface area contributed by atoms with Gasteiger partial charge in [0.25, 0.3) is 0 Å². The van der Waals surface area contributed by atoms with Crippen molar-refractivity contribution in [3.8, 4) is 23.4 Å². The molecule has 0 saturated carbocycles. The van der Waals surface area contributed by atoms with Gasteiger partial charge in [-0.25, -0.2) is 9.78 Å². The van der Waals surface area contributed by atoms with E-state index >= 15 is 0 Å². The number of carbonyl (C=O) groups excluding carboxylic acids is 1. The lowest BCUT2D eigenvalue weighted by Gasteiger charge is -2.10. The second-order valence-electron chi connectivity index (χ2n) is 7.75. The fourth-order valence-corrected chi connectivity index (χ4v) is 3.36. The average Bonchev–Trinajstić information content (AvgIpc) is 2.89. The van der Waals surface area contributed by atoms with Crippen molar-refractivity contribution in [1.82, 2.24) is 4.98 Å². The highest BCUT2D eigenvalue weighted by Crippen LogP contribution is 2.23. The van der Waals surface area contributed by atoms with Gasteiger partial charge < -0.3 is 19.9 Å². The summed E-state index contributed by atoms with van der Waals surface area (Å²) in [6.07, 6.45) is 1.56. The number of para-hydroxylation sites is 1. The summed E-state index contributed by atoms with van der Waals surface area (Å²) in [5, 5.41) is 20.8. The molecule has 4 rings (SSSR count). The molecule has 0 aliphatic carbocycles.